The van der Waals surface area contributed by atoms with Crippen LogP contribution in [0.25, 0.3) is 21.7 Å². The molecule has 3 heterocycles. The standard InChI is InChI=1S/C22H21N7O2/c1-12(13-4-7-15-18(10-23)25-27(2)19(15)8-13)24-21-17-11-29(14-5-6-14)20(30)9-16(17)22(31)28(3)26-21/h4,7-9,11-12,14H,5-6H2,1-3H3,(H,24,26)/t12-/m0/s1. The first-order chi connectivity index (χ1) is 14.9. The van der Waals surface area contributed by atoms with Crippen LogP contribution in [-0.4, -0.2) is 24.1 Å². The topological polar surface area (TPSA) is 111 Å². The summed E-state index contributed by atoms with van der Waals surface area (Å²) in [6, 6.07) is 9.43. The Morgan fingerprint density at radius 3 is 2.58 bits per heavy atom. The molecular weight excluding hydrogens is 394 g/mol. The Kier molecular flexibility index (Phi) is 4.18. The highest BCUT2D eigenvalue weighted by atomic mass is 16.1. The number of nitriles is 1. The van der Waals surface area contributed by atoms with Crippen LogP contribution in [0, 0.1) is 11.3 Å². The van der Waals surface area contributed by atoms with Crippen molar-refractivity contribution in [1.29, 1.82) is 5.26 Å². The molecule has 0 unspecified atom stereocenters. The number of anilines is 1. The molecule has 1 saturated carbocycles. The van der Waals surface area contributed by atoms with Crippen molar-refractivity contribution in [3.63, 3.8) is 0 Å². The van der Waals surface area contributed by atoms with Gasteiger partial charge in [-0.1, -0.05) is 6.07 Å². The van der Waals surface area contributed by atoms with Gasteiger partial charge in [0.1, 0.15) is 6.07 Å². The molecule has 0 radical (unpaired) electrons. The molecule has 3 aromatic heterocycles. The normalized spacial score (nSPS) is 14.6. The van der Waals surface area contributed by atoms with E-state index >= 15 is 0 Å². The van der Waals surface area contributed by atoms with Crippen LogP contribution >= 0.6 is 0 Å². The van der Waals surface area contributed by atoms with Crippen LogP contribution in [0.15, 0.2) is 40.1 Å². The van der Waals surface area contributed by atoms with Crippen LogP contribution in [0.4, 0.5) is 5.82 Å². The summed E-state index contributed by atoms with van der Waals surface area (Å²) < 4.78 is 4.64. The number of fused-ring (bicyclic) bond motifs is 2. The predicted octanol–water partition coefficient (Wildman–Crippen LogP) is 2.36. The molecular formula is C22H21N7O2. The highest BCUT2D eigenvalue weighted by Gasteiger charge is 2.25. The Balaban J connectivity index is 1.59. The van der Waals surface area contributed by atoms with Gasteiger partial charge in [0, 0.05) is 43.2 Å². The van der Waals surface area contributed by atoms with Gasteiger partial charge in [-0.05, 0) is 37.5 Å². The van der Waals surface area contributed by atoms with Gasteiger partial charge in [0.2, 0.25) is 0 Å². The number of aromatic nitrogens is 5. The third-order valence-electron chi connectivity index (χ3n) is 5.89. The first-order valence-corrected chi connectivity index (χ1v) is 10.1. The van der Waals surface area contributed by atoms with Gasteiger partial charge < -0.3 is 9.88 Å². The van der Waals surface area contributed by atoms with Crippen molar-refractivity contribution in [1.82, 2.24) is 24.1 Å². The van der Waals surface area contributed by atoms with Crippen LogP contribution in [0.1, 0.15) is 43.1 Å². The number of hydrogen-bond acceptors (Lipinski definition) is 6. The minimum atomic E-state index is -0.298. The summed E-state index contributed by atoms with van der Waals surface area (Å²) in [6.45, 7) is 2.00. The molecule has 1 aromatic carbocycles. The largest absolute Gasteiger partial charge is 0.362 e. The molecule has 4 aromatic rings. The highest BCUT2D eigenvalue weighted by molar-refractivity contribution is 5.90. The lowest BCUT2D eigenvalue weighted by atomic mass is 10.1. The summed E-state index contributed by atoms with van der Waals surface area (Å²) in [5.41, 5.74) is 1.79. The molecule has 0 bridgehead atoms. The Morgan fingerprint density at radius 2 is 1.87 bits per heavy atom. The monoisotopic (exact) mass is 415 g/mol. The average Bonchev–Trinajstić information content (AvgIpc) is 3.55. The lowest BCUT2D eigenvalue weighted by Gasteiger charge is -2.18. The fourth-order valence-corrected chi connectivity index (χ4v) is 4.00. The number of nitrogens with zero attached hydrogens (tertiary/aromatic N) is 6. The van der Waals surface area contributed by atoms with Crippen molar-refractivity contribution < 1.29 is 0 Å². The van der Waals surface area contributed by atoms with Crippen LogP contribution in [0.3, 0.4) is 0 Å². The third-order valence-corrected chi connectivity index (χ3v) is 5.89. The predicted molar refractivity (Wildman–Crippen MR) is 117 cm³/mol. The molecule has 9 nitrogen and oxygen atoms in total. The van der Waals surface area contributed by atoms with Gasteiger partial charge in [-0.2, -0.15) is 15.5 Å². The molecule has 1 atom stereocenters. The van der Waals surface area contributed by atoms with Crippen LogP contribution in [-0.2, 0) is 14.1 Å². The molecule has 1 fully saturated rings. The van der Waals surface area contributed by atoms with Crippen LogP contribution < -0.4 is 16.4 Å². The van der Waals surface area contributed by atoms with Crippen LogP contribution in [0.5, 0.6) is 0 Å². The summed E-state index contributed by atoms with van der Waals surface area (Å²) in [5.74, 6) is 0.543. The van der Waals surface area contributed by atoms with E-state index in [9.17, 15) is 14.9 Å². The average molecular weight is 415 g/mol. The fraction of sp³-hybridized carbons (Fsp3) is 0.318. The van der Waals surface area contributed by atoms with E-state index in [0.29, 0.717) is 22.3 Å². The van der Waals surface area contributed by atoms with Gasteiger partial charge in [0.25, 0.3) is 11.1 Å². The summed E-state index contributed by atoms with van der Waals surface area (Å²) >= 11 is 0. The van der Waals surface area contributed by atoms with Gasteiger partial charge in [-0.3, -0.25) is 14.3 Å². The smallest absolute Gasteiger partial charge is 0.274 e. The van der Waals surface area contributed by atoms with Gasteiger partial charge >= 0.3 is 0 Å². The minimum absolute atomic E-state index is 0.139. The molecule has 1 N–H and O–H groups in total. The molecule has 1 aliphatic carbocycles. The van der Waals surface area contributed by atoms with Gasteiger partial charge in [0.05, 0.1) is 16.9 Å². The van der Waals surface area contributed by atoms with Crippen molar-refractivity contribution in [2.45, 2.75) is 31.8 Å². The second-order valence-electron chi connectivity index (χ2n) is 8.08. The van der Waals surface area contributed by atoms with Crippen molar-refractivity contribution in [2.24, 2.45) is 14.1 Å². The molecule has 156 valence electrons. The second kappa shape index (κ2) is 6.80. The lowest BCUT2D eigenvalue weighted by Crippen LogP contribution is -2.26. The zero-order chi connectivity index (χ0) is 21.9. The lowest BCUT2D eigenvalue weighted by molar-refractivity contribution is 0.698. The van der Waals surface area contributed by atoms with Crippen LogP contribution in [0.2, 0.25) is 0 Å². The summed E-state index contributed by atoms with van der Waals surface area (Å²) in [7, 11) is 3.39. The first kappa shape index (κ1) is 19.1. The molecule has 9 heteroatoms. The number of pyridine rings is 1. The molecule has 5 rings (SSSR count). The maximum atomic E-state index is 12.6. The maximum absolute atomic E-state index is 12.6. The van der Waals surface area contributed by atoms with E-state index in [1.807, 2.05) is 32.2 Å². The second-order valence-corrected chi connectivity index (χ2v) is 8.08. The quantitative estimate of drug-likeness (QED) is 0.548. The van der Waals surface area contributed by atoms with E-state index in [4.69, 9.17) is 0 Å². The van der Waals surface area contributed by atoms with Crippen molar-refractivity contribution in [3.8, 4) is 6.07 Å². The Labute approximate surface area is 177 Å². The molecule has 0 aliphatic heterocycles. The zero-order valence-electron chi connectivity index (χ0n) is 17.5. The molecule has 0 amide bonds. The summed E-state index contributed by atoms with van der Waals surface area (Å²) in [6.07, 6.45) is 3.69. The van der Waals surface area contributed by atoms with E-state index < -0.39 is 0 Å². The van der Waals surface area contributed by atoms with Gasteiger partial charge in [-0.25, -0.2) is 4.68 Å². The molecule has 1 aliphatic rings. The maximum Gasteiger partial charge on any atom is 0.274 e. The van der Waals surface area contributed by atoms with Gasteiger partial charge in [0.15, 0.2) is 11.5 Å². The molecule has 0 saturated heterocycles. The summed E-state index contributed by atoms with van der Waals surface area (Å²) in [5, 5.41) is 23.1. The van der Waals surface area contributed by atoms with Gasteiger partial charge in [-0.15, -0.1) is 0 Å². The third kappa shape index (κ3) is 3.08. The number of rotatable bonds is 4. The number of benzene rings is 1. The first-order valence-electron chi connectivity index (χ1n) is 10.1. The fourth-order valence-electron chi connectivity index (χ4n) is 4.00. The van der Waals surface area contributed by atoms with E-state index in [-0.39, 0.29) is 23.2 Å². The molecule has 31 heavy (non-hydrogen) atoms. The summed E-state index contributed by atoms with van der Waals surface area (Å²) in [4.78, 5) is 25.0. The minimum Gasteiger partial charge on any atom is -0.362 e. The number of aryl methyl sites for hydroxylation is 2. The molecule has 0 spiro atoms. The number of hydrogen-bond donors (Lipinski definition) is 1. The van der Waals surface area contributed by atoms with E-state index in [2.05, 4.69) is 21.6 Å². The van der Waals surface area contributed by atoms with E-state index in [0.717, 1.165) is 29.3 Å². The van der Waals surface area contributed by atoms with Crippen molar-refractivity contribution in [2.75, 3.05) is 5.32 Å². The zero-order valence-corrected chi connectivity index (χ0v) is 17.5. The highest BCUT2D eigenvalue weighted by Crippen LogP contribution is 2.34. The van der Waals surface area contributed by atoms with Crippen molar-refractivity contribution >= 4 is 27.5 Å². The number of nitrogens with one attached hydrogen (secondary N) is 1. The van der Waals surface area contributed by atoms with E-state index in [1.165, 1.54) is 10.7 Å². The van der Waals surface area contributed by atoms with E-state index in [1.54, 1.807) is 22.5 Å². The van der Waals surface area contributed by atoms with Crippen molar-refractivity contribution in [3.05, 3.63) is 62.4 Å². The SMILES string of the molecule is C[C@H](Nc1nn(C)c(=O)c2cc(=O)n(C3CC3)cc12)c1ccc2c(C#N)nn(C)c2c1. The Morgan fingerprint density at radius 1 is 1.10 bits per heavy atom. The Hall–Kier alpha value is -3.93. The Bertz CT molecular complexity index is 1520.